The van der Waals surface area contributed by atoms with E-state index in [1.54, 1.807) is 11.3 Å². The number of piperazine rings is 1. The summed E-state index contributed by atoms with van der Waals surface area (Å²) in [6.07, 6.45) is 2.65. The first-order chi connectivity index (χ1) is 9.35. The van der Waals surface area contributed by atoms with Gasteiger partial charge in [-0.2, -0.15) is 0 Å². The van der Waals surface area contributed by atoms with Gasteiger partial charge in [-0.05, 0) is 0 Å². The third-order valence-electron chi connectivity index (χ3n) is 3.23. The van der Waals surface area contributed by atoms with Gasteiger partial charge in [0.25, 0.3) is 0 Å². The molecule has 0 radical (unpaired) electrons. The second-order valence-corrected chi connectivity index (χ2v) is 5.39. The highest BCUT2D eigenvalue weighted by molar-refractivity contribution is 7.13. The molecule has 3 rings (SSSR count). The van der Waals surface area contributed by atoms with Crippen molar-refractivity contribution in [2.24, 2.45) is 0 Å². The van der Waals surface area contributed by atoms with Crippen molar-refractivity contribution in [2.75, 3.05) is 31.1 Å². The Morgan fingerprint density at radius 2 is 2.00 bits per heavy atom. The minimum absolute atomic E-state index is 0.719. The highest BCUT2D eigenvalue weighted by atomic mass is 32.1. The van der Waals surface area contributed by atoms with Crippen LogP contribution in [0.3, 0.4) is 0 Å². The Labute approximate surface area is 116 Å². The van der Waals surface area contributed by atoms with E-state index in [2.05, 4.69) is 25.0 Å². The summed E-state index contributed by atoms with van der Waals surface area (Å²) in [5.41, 5.74) is 0. The summed E-state index contributed by atoms with van der Waals surface area (Å²) in [4.78, 5) is 9.02. The van der Waals surface area contributed by atoms with E-state index < -0.39 is 0 Å². The minimum Gasteiger partial charge on any atom is -0.424 e. The fourth-order valence-electron chi connectivity index (χ4n) is 2.16. The van der Waals surface area contributed by atoms with Crippen LogP contribution >= 0.6 is 11.3 Å². The van der Waals surface area contributed by atoms with Crippen LogP contribution in [0.15, 0.2) is 16.0 Å². The summed E-state index contributed by atoms with van der Waals surface area (Å²) in [6, 6.07) is 0. The molecule has 1 aliphatic rings. The molecule has 2 aromatic heterocycles. The maximum absolute atomic E-state index is 5.55. The van der Waals surface area contributed by atoms with Gasteiger partial charge in [0.15, 0.2) is 5.13 Å². The van der Waals surface area contributed by atoms with Crippen molar-refractivity contribution < 1.29 is 4.42 Å². The van der Waals surface area contributed by atoms with Crippen LogP contribution in [0.2, 0.25) is 0 Å². The lowest BCUT2D eigenvalue weighted by molar-refractivity contribution is 0.224. The number of nitrogens with zero attached hydrogens (tertiary/aromatic N) is 5. The van der Waals surface area contributed by atoms with E-state index in [-0.39, 0.29) is 0 Å². The first-order valence-electron chi connectivity index (χ1n) is 6.53. The molecule has 0 unspecified atom stereocenters. The Morgan fingerprint density at radius 3 is 2.63 bits per heavy atom. The molecule has 0 spiro atoms. The molecule has 7 heteroatoms. The van der Waals surface area contributed by atoms with Gasteiger partial charge in [-0.25, -0.2) is 4.98 Å². The van der Waals surface area contributed by atoms with E-state index in [0.29, 0.717) is 0 Å². The average Bonchev–Trinajstić information content (AvgIpc) is 3.10. The second-order valence-electron chi connectivity index (χ2n) is 4.52. The Bertz CT molecular complexity index is 504. The van der Waals surface area contributed by atoms with E-state index in [9.17, 15) is 0 Å². The fraction of sp³-hybridized carbons (Fsp3) is 0.583. The first-order valence-corrected chi connectivity index (χ1v) is 7.41. The maximum Gasteiger partial charge on any atom is 0.230 e. The smallest absolute Gasteiger partial charge is 0.230 e. The second kappa shape index (κ2) is 5.66. The first kappa shape index (κ1) is 12.6. The summed E-state index contributed by atoms with van der Waals surface area (Å²) < 4.78 is 5.55. The van der Waals surface area contributed by atoms with Crippen LogP contribution in [-0.4, -0.2) is 46.3 Å². The van der Waals surface area contributed by atoms with Gasteiger partial charge in [0.2, 0.25) is 11.8 Å². The van der Waals surface area contributed by atoms with Crippen LogP contribution in [0.1, 0.15) is 18.7 Å². The number of hydrogen-bond donors (Lipinski definition) is 0. The molecule has 0 bridgehead atoms. The molecule has 1 fully saturated rings. The fourth-order valence-corrected chi connectivity index (χ4v) is 2.85. The maximum atomic E-state index is 5.55. The lowest BCUT2D eigenvalue weighted by atomic mass is 10.3. The van der Waals surface area contributed by atoms with Gasteiger partial charge >= 0.3 is 0 Å². The van der Waals surface area contributed by atoms with Crippen LogP contribution in [-0.2, 0) is 13.0 Å². The van der Waals surface area contributed by atoms with E-state index in [1.165, 1.54) is 0 Å². The standard InChI is InChI=1S/C12H17N5OS/c1-2-10-14-15-11(18-10)9-16-4-6-17(7-5-16)12-13-3-8-19-12/h3,8H,2,4-7,9H2,1H3. The van der Waals surface area contributed by atoms with Gasteiger partial charge in [-0.15, -0.1) is 21.5 Å². The molecule has 102 valence electrons. The van der Waals surface area contributed by atoms with E-state index in [4.69, 9.17) is 4.42 Å². The summed E-state index contributed by atoms with van der Waals surface area (Å²) in [5, 5.41) is 11.2. The molecule has 0 aromatic carbocycles. The van der Waals surface area contributed by atoms with Gasteiger partial charge in [-0.1, -0.05) is 6.92 Å². The van der Waals surface area contributed by atoms with Crippen molar-refractivity contribution in [3.05, 3.63) is 23.4 Å². The monoisotopic (exact) mass is 279 g/mol. The molecular weight excluding hydrogens is 262 g/mol. The van der Waals surface area contributed by atoms with E-state index in [0.717, 1.165) is 56.1 Å². The minimum atomic E-state index is 0.719. The SMILES string of the molecule is CCc1nnc(CN2CCN(c3nccs3)CC2)o1. The van der Waals surface area contributed by atoms with Crippen LogP contribution < -0.4 is 4.90 Å². The highest BCUT2D eigenvalue weighted by Gasteiger charge is 2.20. The number of rotatable bonds is 4. The third kappa shape index (κ3) is 2.93. The molecular formula is C12H17N5OS. The zero-order valence-electron chi connectivity index (χ0n) is 10.9. The van der Waals surface area contributed by atoms with Gasteiger partial charge < -0.3 is 9.32 Å². The molecule has 1 aliphatic heterocycles. The van der Waals surface area contributed by atoms with Gasteiger partial charge in [0.1, 0.15) is 0 Å². The molecule has 19 heavy (non-hydrogen) atoms. The number of anilines is 1. The van der Waals surface area contributed by atoms with Gasteiger partial charge in [-0.3, -0.25) is 4.90 Å². The summed E-state index contributed by atoms with van der Waals surface area (Å²) in [7, 11) is 0. The predicted octanol–water partition coefficient (Wildman–Crippen LogP) is 1.41. The number of aryl methyl sites for hydroxylation is 1. The molecule has 2 aromatic rings. The van der Waals surface area contributed by atoms with Crippen LogP contribution in [0.5, 0.6) is 0 Å². The molecule has 0 aliphatic carbocycles. The molecule has 1 saturated heterocycles. The van der Waals surface area contributed by atoms with Crippen LogP contribution in [0.4, 0.5) is 5.13 Å². The van der Waals surface area contributed by atoms with Crippen LogP contribution in [0.25, 0.3) is 0 Å². The topological polar surface area (TPSA) is 58.3 Å². The summed E-state index contributed by atoms with van der Waals surface area (Å²) in [6.45, 7) is 6.78. The van der Waals surface area contributed by atoms with Gasteiger partial charge in [0.05, 0.1) is 6.54 Å². The zero-order valence-corrected chi connectivity index (χ0v) is 11.8. The summed E-state index contributed by atoms with van der Waals surface area (Å²) in [5.74, 6) is 1.44. The van der Waals surface area contributed by atoms with Crippen molar-refractivity contribution in [1.82, 2.24) is 20.1 Å². The lowest BCUT2D eigenvalue weighted by Gasteiger charge is -2.33. The number of aromatic nitrogens is 3. The van der Waals surface area contributed by atoms with Crippen molar-refractivity contribution in [3.63, 3.8) is 0 Å². The molecule has 3 heterocycles. The largest absolute Gasteiger partial charge is 0.424 e. The van der Waals surface area contributed by atoms with E-state index in [1.807, 2.05) is 18.5 Å². The Balaban J connectivity index is 1.52. The quantitative estimate of drug-likeness (QED) is 0.843. The highest BCUT2D eigenvalue weighted by Crippen LogP contribution is 2.19. The van der Waals surface area contributed by atoms with Crippen molar-refractivity contribution in [1.29, 1.82) is 0 Å². The predicted molar refractivity (Wildman–Crippen MR) is 73.3 cm³/mol. The normalized spacial score (nSPS) is 17.0. The van der Waals surface area contributed by atoms with E-state index >= 15 is 0 Å². The van der Waals surface area contributed by atoms with Crippen LogP contribution in [0, 0.1) is 0 Å². The molecule has 0 saturated carbocycles. The van der Waals surface area contributed by atoms with Gasteiger partial charge in [0, 0.05) is 44.2 Å². The zero-order chi connectivity index (χ0) is 13.1. The van der Waals surface area contributed by atoms with Crippen molar-refractivity contribution >= 4 is 16.5 Å². The number of thiazole rings is 1. The number of hydrogen-bond acceptors (Lipinski definition) is 7. The molecule has 0 atom stereocenters. The molecule has 6 nitrogen and oxygen atoms in total. The van der Waals surface area contributed by atoms with Crippen molar-refractivity contribution in [3.8, 4) is 0 Å². The molecule has 0 amide bonds. The van der Waals surface area contributed by atoms with Crippen molar-refractivity contribution in [2.45, 2.75) is 19.9 Å². The third-order valence-corrected chi connectivity index (χ3v) is 4.06. The molecule has 0 N–H and O–H groups in total. The Kier molecular flexibility index (Phi) is 3.74. The lowest BCUT2D eigenvalue weighted by Crippen LogP contribution is -2.46. The average molecular weight is 279 g/mol. The summed E-state index contributed by atoms with van der Waals surface area (Å²) >= 11 is 1.70. The Hall–Kier alpha value is -1.47. The Morgan fingerprint density at radius 1 is 1.21 bits per heavy atom.